The Labute approximate surface area is 320 Å². The summed E-state index contributed by atoms with van der Waals surface area (Å²) in [6.45, 7) is 9.92. The molecule has 8 rings (SSSR count). The topological polar surface area (TPSA) is 142 Å². The van der Waals surface area contributed by atoms with Gasteiger partial charge < -0.3 is 25.2 Å². The molecule has 0 aliphatic carbocycles. The molecule has 14 heteroatoms. The van der Waals surface area contributed by atoms with Crippen LogP contribution in [0.1, 0.15) is 65.9 Å². The standard InChI is InChI=1S/C41H48FN9O4/c1-26(28-4-3-5-31(42)18-28)55-37-20-29(21-44-39(37)43)34-24-47(2)46-35(34)25-49-16-14-48(15-17-49)22-27-10-12-50(13-11-27)32-6-7-33-30(19-32)23-51(41(33)54)36-8-9-38(52)45-40(36)53/h3-7,18-21,24,26-27,36H,8-17,22-23,25H2,1-2H3,(H2,43,44)(H,45,52,53)/t26-,36?/m1/s1. The molecule has 0 saturated carbocycles. The molecular weight excluding hydrogens is 702 g/mol. The predicted molar refractivity (Wildman–Crippen MR) is 205 cm³/mol. The molecule has 4 aromatic rings. The Morgan fingerprint density at radius 1 is 0.964 bits per heavy atom. The summed E-state index contributed by atoms with van der Waals surface area (Å²) in [7, 11) is 1.92. The van der Waals surface area contributed by atoms with E-state index < -0.39 is 12.1 Å². The van der Waals surface area contributed by atoms with Gasteiger partial charge in [-0.2, -0.15) is 5.10 Å². The number of pyridine rings is 1. The van der Waals surface area contributed by atoms with Crippen LogP contribution in [0.5, 0.6) is 5.75 Å². The lowest BCUT2D eigenvalue weighted by Crippen LogP contribution is -2.52. The lowest BCUT2D eigenvalue weighted by Gasteiger charge is -2.39. The van der Waals surface area contributed by atoms with Crippen molar-refractivity contribution in [3.63, 3.8) is 0 Å². The Morgan fingerprint density at radius 3 is 2.51 bits per heavy atom. The average molecular weight is 750 g/mol. The molecule has 13 nitrogen and oxygen atoms in total. The number of halogens is 1. The molecule has 4 aliphatic heterocycles. The number of nitrogens with one attached hydrogen (secondary N) is 1. The Kier molecular flexibility index (Phi) is 10.3. The first kappa shape index (κ1) is 36.6. The van der Waals surface area contributed by atoms with E-state index in [1.807, 2.05) is 49.1 Å². The fourth-order valence-electron chi connectivity index (χ4n) is 8.45. The van der Waals surface area contributed by atoms with Gasteiger partial charge in [0, 0.05) is 107 Å². The highest BCUT2D eigenvalue weighted by Gasteiger charge is 2.39. The normalized spacial score (nSPS) is 20.5. The monoisotopic (exact) mass is 749 g/mol. The maximum Gasteiger partial charge on any atom is 0.255 e. The second-order valence-corrected chi connectivity index (χ2v) is 15.3. The van der Waals surface area contributed by atoms with E-state index in [-0.39, 0.29) is 35.8 Å². The zero-order valence-corrected chi connectivity index (χ0v) is 31.4. The van der Waals surface area contributed by atoms with Crippen LogP contribution >= 0.6 is 0 Å². The van der Waals surface area contributed by atoms with Gasteiger partial charge in [0.15, 0.2) is 11.6 Å². The van der Waals surface area contributed by atoms with E-state index in [2.05, 4.69) is 31.1 Å². The number of hydrogen-bond acceptors (Lipinski definition) is 10. The second-order valence-electron chi connectivity index (χ2n) is 15.3. The lowest BCUT2D eigenvalue weighted by atomic mass is 9.95. The van der Waals surface area contributed by atoms with Crippen LogP contribution in [-0.4, -0.2) is 99.0 Å². The Hall–Kier alpha value is -5.34. The number of nitrogens with zero attached hydrogens (tertiary/aromatic N) is 7. The molecule has 3 amide bonds. The number of nitrogen functional groups attached to an aromatic ring is 1. The Bertz CT molecular complexity index is 2090. The van der Waals surface area contributed by atoms with Crippen molar-refractivity contribution >= 4 is 29.2 Å². The van der Waals surface area contributed by atoms with Crippen LogP contribution < -0.4 is 20.7 Å². The van der Waals surface area contributed by atoms with E-state index in [1.165, 1.54) is 12.1 Å². The quantitative estimate of drug-likeness (QED) is 0.227. The summed E-state index contributed by atoms with van der Waals surface area (Å²) in [4.78, 5) is 50.7. The fraction of sp³-hybridized carbons (Fsp3) is 0.439. The number of rotatable bonds is 10. The summed E-state index contributed by atoms with van der Waals surface area (Å²) in [6, 6.07) is 13.7. The van der Waals surface area contributed by atoms with Crippen molar-refractivity contribution in [3.05, 3.63) is 89.1 Å². The third-order valence-corrected chi connectivity index (χ3v) is 11.6. The molecule has 3 N–H and O–H groups in total. The smallest absolute Gasteiger partial charge is 0.255 e. The van der Waals surface area contributed by atoms with E-state index >= 15 is 0 Å². The highest BCUT2D eigenvalue weighted by atomic mass is 19.1. The molecule has 1 unspecified atom stereocenters. The molecule has 288 valence electrons. The number of aryl methyl sites for hydroxylation is 1. The van der Waals surface area contributed by atoms with Crippen molar-refractivity contribution in [1.29, 1.82) is 0 Å². The molecule has 0 radical (unpaired) electrons. The Morgan fingerprint density at radius 2 is 1.75 bits per heavy atom. The van der Waals surface area contributed by atoms with E-state index in [0.29, 0.717) is 35.8 Å². The zero-order valence-electron chi connectivity index (χ0n) is 31.4. The Balaban J connectivity index is 0.820. The van der Waals surface area contributed by atoms with Crippen molar-refractivity contribution in [2.24, 2.45) is 13.0 Å². The van der Waals surface area contributed by atoms with Crippen LogP contribution in [0.25, 0.3) is 11.1 Å². The summed E-state index contributed by atoms with van der Waals surface area (Å²) in [5, 5.41) is 7.20. The van der Waals surface area contributed by atoms with Crippen LogP contribution in [0.2, 0.25) is 0 Å². The number of fused-ring (bicyclic) bond motifs is 1. The third kappa shape index (κ3) is 7.92. The first-order chi connectivity index (χ1) is 26.6. The number of imide groups is 1. The summed E-state index contributed by atoms with van der Waals surface area (Å²) >= 11 is 0. The largest absolute Gasteiger partial charge is 0.482 e. The molecule has 2 aromatic carbocycles. The SMILES string of the molecule is C[C@@H](Oc1cc(-c2cn(C)nc2CN2CCN(CC3CCN(c4ccc5c(c4)CN(C4CCC(=O)NC4=O)C5=O)CC3)CC2)cnc1N)c1cccc(F)c1. The van der Waals surface area contributed by atoms with Crippen molar-refractivity contribution in [3.8, 4) is 16.9 Å². The average Bonchev–Trinajstić information content (AvgIpc) is 3.71. The summed E-state index contributed by atoms with van der Waals surface area (Å²) in [5.41, 5.74) is 12.5. The molecular formula is C41H48FN9O4. The number of carbonyl (C=O) groups excluding carboxylic acids is 3. The molecule has 2 atom stereocenters. The van der Waals surface area contributed by atoms with E-state index in [9.17, 15) is 18.8 Å². The van der Waals surface area contributed by atoms with Gasteiger partial charge in [-0.25, -0.2) is 9.37 Å². The number of piperidine rings is 2. The minimum absolute atomic E-state index is 0.136. The van der Waals surface area contributed by atoms with Gasteiger partial charge in [0.05, 0.1) is 5.69 Å². The van der Waals surface area contributed by atoms with Crippen LogP contribution in [0.15, 0.2) is 60.9 Å². The molecule has 6 heterocycles. The highest BCUT2D eigenvalue weighted by molar-refractivity contribution is 6.05. The maximum absolute atomic E-state index is 13.8. The van der Waals surface area contributed by atoms with Gasteiger partial charge in [0.1, 0.15) is 18.0 Å². The number of piperazine rings is 1. The maximum atomic E-state index is 13.8. The number of amides is 3. The number of aromatic nitrogens is 3. The van der Waals surface area contributed by atoms with E-state index in [1.54, 1.807) is 17.2 Å². The molecule has 3 fully saturated rings. The number of carbonyl (C=O) groups is 3. The molecule has 2 aromatic heterocycles. The van der Waals surface area contributed by atoms with E-state index in [4.69, 9.17) is 15.6 Å². The van der Waals surface area contributed by atoms with Gasteiger partial charge >= 0.3 is 0 Å². The van der Waals surface area contributed by atoms with Crippen molar-refractivity contribution in [2.45, 2.75) is 57.8 Å². The molecule has 55 heavy (non-hydrogen) atoms. The third-order valence-electron chi connectivity index (χ3n) is 11.6. The molecule has 0 spiro atoms. The van der Waals surface area contributed by atoms with Gasteiger partial charge in [0.2, 0.25) is 11.8 Å². The first-order valence-electron chi connectivity index (χ1n) is 19.3. The van der Waals surface area contributed by atoms with Gasteiger partial charge in [-0.15, -0.1) is 0 Å². The van der Waals surface area contributed by atoms with Gasteiger partial charge in [-0.05, 0) is 79.6 Å². The minimum Gasteiger partial charge on any atom is -0.482 e. The highest BCUT2D eigenvalue weighted by Crippen LogP contribution is 2.34. The number of ether oxygens (including phenoxy) is 1. The van der Waals surface area contributed by atoms with Crippen molar-refractivity contribution in [1.82, 2.24) is 34.8 Å². The minimum atomic E-state index is -0.599. The van der Waals surface area contributed by atoms with E-state index in [0.717, 1.165) is 93.3 Å². The van der Waals surface area contributed by atoms with Gasteiger partial charge in [-0.3, -0.25) is 29.3 Å². The predicted octanol–water partition coefficient (Wildman–Crippen LogP) is 4.14. The van der Waals surface area contributed by atoms with Crippen molar-refractivity contribution in [2.75, 3.05) is 56.4 Å². The van der Waals surface area contributed by atoms with Gasteiger partial charge in [0.25, 0.3) is 5.91 Å². The summed E-state index contributed by atoms with van der Waals surface area (Å²) in [6.07, 6.45) is 6.18. The van der Waals surface area contributed by atoms with Crippen molar-refractivity contribution < 1.29 is 23.5 Å². The molecule has 4 aliphatic rings. The van der Waals surface area contributed by atoms with Crippen LogP contribution in [0, 0.1) is 11.7 Å². The number of hydrogen-bond donors (Lipinski definition) is 2. The first-order valence-corrected chi connectivity index (χ1v) is 19.3. The zero-order chi connectivity index (χ0) is 38.2. The summed E-state index contributed by atoms with van der Waals surface area (Å²) in [5.74, 6) is 0.245. The number of nitrogens with two attached hydrogens (primary N) is 1. The van der Waals surface area contributed by atoms with Crippen LogP contribution in [0.4, 0.5) is 15.9 Å². The second kappa shape index (κ2) is 15.4. The van der Waals surface area contributed by atoms with Crippen LogP contribution in [-0.2, 0) is 29.7 Å². The number of benzene rings is 2. The molecule has 0 bridgehead atoms. The molecule has 3 saturated heterocycles. The summed E-state index contributed by atoms with van der Waals surface area (Å²) < 4.78 is 21.8. The number of anilines is 2. The van der Waals surface area contributed by atoms with Gasteiger partial charge in [-0.1, -0.05) is 12.1 Å². The fourth-order valence-corrected chi connectivity index (χ4v) is 8.45. The lowest BCUT2D eigenvalue weighted by molar-refractivity contribution is -0.136. The van der Waals surface area contributed by atoms with Crippen LogP contribution in [0.3, 0.4) is 0 Å².